The van der Waals surface area contributed by atoms with Crippen molar-refractivity contribution in [2.24, 2.45) is 0 Å². The molecule has 1 amide bonds. The van der Waals surface area contributed by atoms with Crippen LogP contribution in [0.25, 0.3) is 0 Å². The third-order valence-electron chi connectivity index (χ3n) is 0.381. The van der Waals surface area contributed by atoms with Crippen molar-refractivity contribution in [2.75, 3.05) is 13.7 Å². The first-order valence-electron chi connectivity index (χ1n) is 1.69. The highest BCUT2D eigenvalue weighted by molar-refractivity contribution is 14.1. The zero-order valence-electron chi connectivity index (χ0n) is 3.90. The lowest BCUT2D eigenvalue weighted by molar-refractivity contribution is -0.122. The Morgan fingerprint density at radius 3 is 2.71 bits per heavy atom. The molecule has 42 valence electrons. The first-order valence-corrected chi connectivity index (χ1v) is 2.77. The summed E-state index contributed by atoms with van der Waals surface area (Å²) >= 11 is 1.76. The van der Waals surface area contributed by atoms with E-state index in [4.69, 9.17) is 0 Å². The highest BCUT2D eigenvalue weighted by Gasteiger charge is 1.91. The van der Waals surface area contributed by atoms with E-state index in [2.05, 4.69) is 8.27 Å². The number of halogens is 1. The summed E-state index contributed by atoms with van der Waals surface area (Å²) in [5.41, 5.74) is 0. The highest BCUT2D eigenvalue weighted by Crippen LogP contribution is 1.71. The first kappa shape index (κ1) is 7.16. The van der Waals surface area contributed by atoms with Gasteiger partial charge in [0.15, 0.2) is 0 Å². The molecule has 3 nitrogen and oxygen atoms in total. The molecule has 0 aliphatic rings. The van der Waals surface area contributed by atoms with Crippen LogP contribution in [0, 0.1) is 0 Å². The number of carbonyl (C=O) groups excluding carboxylic acids is 1. The Balaban J connectivity index is 3.00. The molecule has 0 aromatic rings. The van der Waals surface area contributed by atoms with Crippen LogP contribution in [0.5, 0.6) is 0 Å². The maximum Gasteiger partial charge on any atom is 0.254 e. The van der Waals surface area contributed by atoms with Gasteiger partial charge in [-0.1, -0.05) is 0 Å². The molecule has 1 N–H and O–H groups in total. The van der Waals surface area contributed by atoms with Crippen molar-refractivity contribution in [3.8, 4) is 0 Å². The molecule has 0 aliphatic carbocycles. The van der Waals surface area contributed by atoms with Gasteiger partial charge in [0.1, 0.15) is 6.61 Å². The third kappa shape index (κ3) is 4.00. The van der Waals surface area contributed by atoms with Crippen LogP contribution in [-0.2, 0) is 9.53 Å². The summed E-state index contributed by atoms with van der Waals surface area (Å²) in [5.74, 6) is -0.108. The Labute approximate surface area is 55.9 Å². The molecule has 4 heteroatoms. The molecule has 0 bridgehead atoms. The van der Waals surface area contributed by atoms with Crippen LogP contribution >= 0.6 is 22.9 Å². The molecule has 0 heterocycles. The molecule has 0 fully saturated rings. The number of methoxy groups -OCH3 is 1. The van der Waals surface area contributed by atoms with E-state index < -0.39 is 0 Å². The average molecular weight is 215 g/mol. The summed E-state index contributed by atoms with van der Waals surface area (Å²) < 4.78 is 6.85. The highest BCUT2D eigenvalue weighted by atomic mass is 127. The smallest absolute Gasteiger partial charge is 0.254 e. The first-order chi connectivity index (χ1) is 3.31. The van der Waals surface area contributed by atoms with Crippen LogP contribution in [0.1, 0.15) is 0 Å². The maximum atomic E-state index is 10.2. The van der Waals surface area contributed by atoms with E-state index in [1.165, 1.54) is 7.11 Å². The summed E-state index contributed by atoms with van der Waals surface area (Å²) in [6, 6.07) is 0. The average Bonchev–Trinajstić information content (AvgIpc) is 1.68. The minimum absolute atomic E-state index is 0.108. The van der Waals surface area contributed by atoms with Gasteiger partial charge < -0.3 is 4.74 Å². The lowest BCUT2D eigenvalue weighted by atomic mass is 10.7. The van der Waals surface area contributed by atoms with Crippen LogP contribution in [0.2, 0.25) is 0 Å². The fraction of sp³-hybridized carbons (Fsp3) is 0.667. The van der Waals surface area contributed by atoms with Crippen LogP contribution in [0.3, 0.4) is 0 Å². The second kappa shape index (κ2) is 4.32. The maximum absolute atomic E-state index is 10.2. The van der Waals surface area contributed by atoms with Gasteiger partial charge in [-0.3, -0.25) is 8.32 Å². The van der Waals surface area contributed by atoms with Gasteiger partial charge in [0.2, 0.25) is 0 Å². The number of rotatable bonds is 2. The second-order valence-corrected chi connectivity index (χ2v) is 1.49. The quantitative estimate of drug-likeness (QED) is 0.524. The van der Waals surface area contributed by atoms with E-state index in [1.807, 2.05) is 0 Å². The third-order valence-corrected chi connectivity index (χ3v) is 0.982. The molecule has 0 radical (unpaired) electrons. The van der Waals surface area contributed by atoms with E-state index in [1.54, 1.807) is 22.9 Å². The topological polar surface area (TPSA) is 38.3 Å². The van der Waals surface area contributed by atoms with Gasteiger partial charge in [-0.15, -0.1) is 0 Å². The molecule has 0 aliphatic heterocycles. The Hall–Kier alpha value is 0.160. The Kier molecular flexibility index (Phi) is 4.42. The molecule has 7 heavy (non-hydrogen) atoms. The summed E-state index contributed by atoms with van der Waals surface area (Å²) in [5, 5.41) is 0. The second-order valence-electron chi connectivity index (χ2n) is 0.951. The zero-order chi connectivity index (χ0) is 5.70. The van der Waals surface area contributed by atoms with Gasteiger partial charge in [-0.05, 0) is 0 Å². The fourth-order valence-electron chi connectivity index (χ4n) is 0.158. The van der Waals surface area contributed by atoms with Crippen molar-refractivity contribution >= 4 is 28.8 Å². The van der Waals surface area contributed by atoms with Gasteiger partial charge >= 0.3 is 0 Å². The van der Waals surface area contributed by atoms with E-state index in [-0.39, 0.29) is 12.5 Å². The summed E-state index contributed by atoms with van der Waals surface area (Å²) in [7, 11) is 1.48. The largest absolute Gasteiger partial charge is 0.375 e. The van der Waals surface area contributed by atoms with Gasteiger partial charge in [-0.25, -0.2) is 0 Å². The molecular formula is C3H6INO2. The van der Waals surface area contributed by atoms with Crippen molar-refractivity contribution in [1.29, 1.82) is 0 Å². The molecule has 0 unspecified atom stereocenters. The minimum Gasteiger partial charge on any atom is -0.375 e. The Morgan fingerprint density at radius 1 is 2.00 bits per heavy atom. The molecule has 0 aromatic carbocycles. The number of nitrogens with one attached hydrogen (secondary N) is 1. The number of amides is 1. The van der Waals surface area contributed by atoms with Crippen molar-refractivity contribution in [1.82, 2.24) is 3.53 Å². The molecule has 0 aromatic heterocycles. The molecule has 0 atom stereocenters. The predicted octanol–water partition coefficient (Wildman–Crippen LogP) is 0.0990. The van der Waals surface area contributed by atoms with Crippen molar-refractivity contribution in [2.45, 2.75) is 0 Å². The molecule has 0 spiro atoms. The lowest BCUT2D eigenvalue weighted by Gasteiger charge is -1.91. The fourth-order valence-corrected chi connectivity index (χ4v) is 0.314. The number of hydrogen-bond acceptors (Lipinski definition) is 2. The van der Waals surface area contributed by atoms with Crippen LogP contribution in [0.15, 0.2) is 0 Å². The van der Waals surface area contributed by atoms with Crippen LogP contribution in [0.4, 0.5) is 0 Å². The standard InChI is InChI=1S/C3H6INO2/c1-7-2-3(6)5-4/h2H2,1H3,(H,5,6). The molecular weight excluding hydrogens is 209 g/mol. The predicted molar refractivity (Wildman–Crippen MR) is 34.0 cm³/mol. The van der Waals surface area contributed by atoms with Crippen LogP contribution < -0.4 is 3.53 Å². The number of carbonyl (C=O) groups is 1. The minimum atomic E-state index is -0.108. The van der Waals surface area contributed by atoms with Gasteiger partial charge in [0.05, 0.1) is 22.9 Å². The monoisotopic (exact) mass is 215 g/mol. The van der Waals surface area contributed by atoms with Gasteiger partial charge in [-0.2, -0.15) is 0 Å². The lowest BCUT2D eigenvalue weighted by Crippen LogP contribution is -2.16. The van der Waals surface area contributed by atoms with E-state index >= 15 is 0 Å². The SMILES string of the molecule is COCC(=O)NI. The number of ether oxygens (including phenoxy) is 1. The van der Waals surface area contributed by atoms with E-state index in [0.717, 1.165) is 0 Å². The van der Waals surface area contributed by atoms with Crippen molar-refractivity contribution < 1.29 is 9.53 Å². The summed E-state index contributed by atoms with van der Waals surface area (Å²) in [6.07, 6.45) is 0. The van der Waals surface area contributed by atoms with Gasteiger partial charge in [0.25, 0.3) is 5.91 Å². The zero-order valence-corrected chi connectivity index (χ0v) is 6.06. The molecule has 0 rings (SSSR count). The summed E-state index contributed by atoms with van der Waals surface area (Å²) in [4.78, 5) is 10.2. The van der Waals surface area contributed by atoms with Crippen molar-refractivity contribution in [3.05, 3.63) is 0 Å². The number of hydrogen-bond donors (Lipinski definition) is 1. The Morgan fingerprint density at radius 2 is 2.57 bits per heavy atom. The summed E-state index contributed by atoms with van der Waals surface area (Å²) in [6.45, 7) is 0.142. The Bertz CT molecular complexity index is 66.0. The van der Waals surface area contributed by atoms with E-state index in [9.17, 15) is 4.79 Å². The van der Waals surface area contributed by atoms with Gasteiger partial charge in [0, 0.05) is 7.11 Å². The van der Waals surface area contributed by atoms with Crippen LogP contribution in [-0.4, -0.2) is 19.6 Å². The molecule has 0 saturated carbocycles. The molecule has 0 saturated heterocycles. The van der Waals surface area contributed by atoms with Crippen molar-refractivity contribution in [3.63, 3.8) is 0 Å². The normalized spacial score (nSPS) is 8.29. The van der Waals surface area contributed by atoms with E-state index in [0.29, 0.717) is 0 Å².